The molecule has 0 bridgehead atoms. The third-order valence-electron chi connectivity index (χ3n) is 3.53. The summed E-state index contributed by atoms with van der Waals surface area (Å²) in [5, 5.41) is 6.10. The quantitative estimate of drug-likeness (QED) is 0.772. The summed E-state index contributed by atoms with van der Waals surface area (Å²) in [6, 6.07) is 3.54. The molecule has 2 rings (SSSR count). The molecule has 0 atom stereocenters. The third kappa shape index (κ3) is 6.25. The first-order chi connectivity index (χ1) is 10.1. The number of hydrogen-bond acceptors (Lipinski definition) is 3. The van der Waals surface area contributed by atoms with E-state index in [0.717, 1.165) is 51.3 Å². The molecule has 124 valence electrons. The van der Waals surface area contributed by atoms with Crippen LogP contribution >= 0.6 is 12.4 Å². The number of carbonyl (C=O) groups is 1. The predicted octanol–water partition coefficient (Wildman–Crippen LogP) is 1.34. The van der Waals surface area contributed by atoms with Crippen molar-refractivity contribution >= 4 is 18.3 Å². The Kier molecular flexibility index (Phi) is 8.30. The van der Waals surface area contributed by atoms with Crippen molar-refractivity contribution in [1.82, 2.24) is 15.5 Å². The van der Waals surface area contributed by atoms with Crippen molar-refractivity contribution in [3.63, 3.8) is 0 Å². The van der Waals surface area contributed by atoms with E-state index in [1.807, 2.05) is 0 Å². The van der Waals surface area contributed by atoms with Crippen LogP contribution in [-0.2, 0) is 11.2 Å². The van der Waals surface area contributed by atoms with E-state index in [2.05, 4.69) is 15.5 Å². The summed E-state index contributed by atoms with van der Waals surface area (Å²) in [6.45, 7) is 5.69. The average molecular weight is 334 g/mol. The Labute approximate surface area is 135 Å². The molecule has 1 aliphatic heterocycles. The minimum Gasteiger partial charge on any atom is -0.356 e. The lowest BCUT2D eigenvalue weighted by molar-refractivity contribution is -0.120. The number of piperazine rings is 1. The highest BCUT2D eigenvalue weighted by Gasteiger charge is 2.09. The molecule has 22 heavy (non-hydrogen) atoms. The second-order valence-corrected chi connectivity index (χ2v) is 5.22. The summed E-state index contributed by atoms with van der Waals surface area (Å²) < 4.78 is 25.8. The van der Waals surface area contributed by atoms with Gasteiger partial charge in [0, 0.05) is 32.7 Å². The zero-order valence-electron chi connectivity index (χ0n) is 12.4. The van der Waals surface area contributed by atoms with Crippen LogP contribution in [0, 0.1) is 11.6 Å². The molecule has 4 nitrogen and oxygen atoms in total. The fraction of sp³-hybridized carbons (Fsp3) is 0.533. The minimum absolute atomic E-state index is 0. The lowest BCUT2D eigenvalue weighted by Gasteiger charge is -2.27. The maximum atomic E-state index is 13.0. The van der Waals surface area contributed by atoms with E-state index >= 15 is 0 Å². The van der Waals surface area contributed by atoms with Crippen molar-refractivity contribution in [2.24, 2.45) is 0 Å². The van der Waals surface area contributed by atoms with E-state index in [0.29, 0.717) is 12.1 Å². The smallest absolute Gasteiger partial charge is 0.224 e. The van der Waals surface area contributed by atoms with Gasteiger partial charge in [-0.1, -0.05) is 6.07 Å². The third-order valence-corrected chi connectivity index (χ3v) is 3.53. The highest BCUT2D eigenvalue weighted by molar-refractivity contribution is 5.85. The maximum Gasteiger partial charge on any atom is 0.224 e. The topological polar surface area (TPSA) is 44.4 Å². The first kappa shape index (κ1) is 18.8. The molecule has 1 amide bonds. The molecule has 1 aromatic carbocycles. The summed E-state index contributed by atoms with van der Waals surface area (Å²) in [5.41, 5.74) is 0.480. The van der Waals surface area contributed by atoms with Gasteiger partial charge in [-0.3, -0.25) is 4.79 Å². The highest BCUT2D eigenvalue weighted by Crippen LogP contribution is 2.09. The Morgan fingerprint density at radius 3 is 2.64 bits per heavy atom. The molecule has 1 fully saturated rings. The maximum absolute atomic E-state index is 13.0. The van der Waals surface area contributed by atoms with Gasteiger partial charge in [-0.2, -0.15) is 0 Å². The summed E-state index contributed by atoms with van der Waals surface area (Å²) in [6.07, 6.45) is 0.967. The fourth-order valence-electron chi connectivity index (χ4n) is 2.36. The van der Waals surface area contributed by atoms with Crippen molar-refractivity contribution in [2.45, 2.75) is 12.8 Å². The van der Waals surface area contributed by atoms with E-state index in [9.17, 15) is 13.6 Å². The molecule has 1 aromatic rings. The van der Waals surface area contributed by atoms with E-state index in [1.165, 1.54) is 6.07 Å². The lowest BCUT2D eigenvalue weighted by atomic mass is 10.1. The van der Waals surface area contributed by atoms with Gasteiger partial charge in [0.25, 0.3) is 0 Å². The Balaban J connectivity index is 0.00000242. The summed E-state index contributed by atoms with van der Waals surface area (Å²) >= 11 is 0. The zero-order chi connectivity index (χ0) is 15.1. The number of nitrogens with zero attached hydrogens (tertiary/aromatic N) is 1. The summed E-state index contributed by atoms with van der Waals surface area (Å²) in [5.74, 6) is -1.98. The molecule has 1 heterocycles. The van der Waals surface area contributed by atoms with Gasteiger partial charge in [-0.15, -0.1) is 12.4 Å². The van der Waals surface area contributed by atoms with Crippen molar-refractivity contribution in [3.05, 3.63) is 35.4 Å². The Hall–Kier alpha value is -1.24. The van der Waals surface area contributed by atoms with E-state index in [4.69, 9.17) is 0 Å². The molecule has 0 unspecified atom stereocenters. The van der Waals surface area contributed by atoms with Crippen molar-refractivity contribution < 1.29 is 13.6 Å². The van der Waals surface area contributed by atoms with Gasteiger partial charge in [-0.25, -0.2) is 8.78 Å². The van der Waals surface area contributed by atoms with Gasteiger partial charge >= 0.3 is 0 Å². The number of halogens is 3. The van der Waals surface area contributed by atoms with Gasteiger partial charge in [0.1, 0.15) is 0 Å². The molecular weight excluding hydrogens is 312 g/mol. The van der Waals surface area contributed by atoms with Crippen LogP contribution in [0.2, 0.25) is 0 Å². The van der Waals surface area contributed by atoms with Crippen molar-refractivity contribution in [2.75, 3.05) is 39.3 Å². The second-order valence-electron chi connectivity index (χ2n) is 5.22. The molecule has 0 spiro atoms. The van der Waals surface area contributed by atoms with Gasteiger partial charge in [0.15, 0.2) is 11.6 Å². The molecule has 7 heteroatoms. The van der Waals surface area contributed by atoms with Gasteiger partial charge in [0.05, 0.1) is 6.42 Å². The fourth-order valence-corrected chi connectivity index (χ4v) is 2.36. The Bertz CT molecular complexity index is 482. The van der Waals surface area contributed by atoms with E-state index < -0.39 is 11.6 Å². The van der Waals surface area contributed by atoms with Crippen LogP contribution < -0.4 is 10.6 Å². The number of benzene rings is 1. The number of amides is 1. The normalized spacial score (nSPS) is 15.2. The van der Waals surface area contributed by atoms with Crippen LogP contribution in [0.15, 0.2) is 18.2 Å². The van der Waals surface area contributed by atoms with Crippen molar-refractivity contribution in [1.29, 1.82) is 0 Å². The molecule has 0 aliphatic carbocycles. The van der Waals surface area contributed by atoms with Gasteiger partial charge in [-0.05, 0) is 30.7 Å². The van der Waals surface area contributed by atoms with E-state index in [1.54, 1.807) is 0 Å². The molecule has 1 aliphatic rings. The molecule has 2 N–H and O–H groups in total. The van der Waals surface area contributed by atoms with Crippen LogP contribution in [0.5, 0.6) is 0 Å². The van der Waals surface area contributed by atoms with Gasteiger partial charge < -0.3 is 15.5 Å². The van der Waals surface area contributed by atoms with Crippen molar-refractivity contribution in [3.8, 4) is 0 Å². The van der Waals surface area contributed by atoms with E-state index in [-0.39, 0.29) is 24.7 Å². The van der Waals surface area contributed by atoms with Crippen LogP contribution in [0.1, 0.15) is 12.0 Å². The average Bonchev–Trinajstić information content (AvgIpc) is 2.49. The Morgan fingerprint density at radius 2 is 1.95 bits per heavy atom. The first-order valence-electron chi connectivity index (χ1n) is 7.29. The number of carbonyl (C=O) groups excluding carboxylic acids is 1. The number of rotatable bonds is 6. The largest absolute Gasteiger partial charge is 0.356 e. The highest BCUT2D eigenvalue weighted by atomic mass is 35.5. The van der Waals surface area contributed by atoms with Gasteiger partial charge in [0.2, 0.25) is 5.91 Å². The first-order valence-corrected chi connectivity index (χ1v) is 7.29. The zero-order valence-corrected chi connectivity index (χ0v) is 13.2. The monoisotopic (exact) mass is 333 g/mol. The summed E-state index contributed by atoms with van der Waals surface area (Å²) in [7, 11) is 0. The SMILES string of the molecule is Cl.O=C(Cc1ccc(F)c(F)c1)NCCCN1CCNCC1. The molecular formula is C15H22ClF2N3O. The van der Waals surface area contributed by atoms with Crippen LogP contribution in [-0.4, -0.2) is 50.1 Å². The summed E-state index contributed by atoms with van der Waals surface area (Å²) in [4.78, 5) is 14.1. The lowest BCUT2D eigenvalue weighted by Crippen LogP contribution is -2.44. The minimum atomic E-state index is -0.918. The molecule has 0 radical (unpaired) electrons. The molecule has 0 aromatic heterocycles. The predicted molar refractivity (Wildman–Crippen MR) is 84.2 cm³/mol. The van der Waals surface area contributed by atoms with Crippen LogP contribution in [0.3, 0.4) is 0 Å². The molecule has 1 saturated heterocycles. The standard InChI is InChI=1S/C15H21F2N3O.ClH/c16-13-3-2-12(10-14(13)17)11-15(21)19-4-1-7-20-8-5-18-6-9-20;/h2-3,10,18H,1,4-9,11H2,(H,19,21);1H. The Morgan fingerprint density at radius 1 is 1.23 bits per heavy atom. The van der Waals surface area contributed by atoms with Crippen LogP contribution in [0.25, 0.3) is 0 Å². The second kappa shape index (κ2) is 9.71. The number of nitrogens with one attached hydrogen (secondary N) is 2. The van der Waals surface area contributed by atoms with Crippen LogP contribution in [0.4, 0.5) is 8.78 Å². The molecule has 0 saturated carbocycles. The number of hydrogen-bond donors (Lipinski definition) is 2.